The van der Waals surface area contributed by atoms with E-state index in [-0.39, 0.29) is 0 Å². The Hall–Kier alpha value is -0.470. The van der Waals surface area contributed by atoms with Crippen molar-refractivity contribution < 1.29 is 0 Å². The van der Waals surface area contributed by atoms with Crippen LogP contribution >= 0.6 is 11.8 Å². The summed E-state index contributed by atoms with van der Waals surface area (Å²) in [5.41, 5.74) is 2.77. The van der Waals surface area contributed by atoms with Gasteiger partial charge in [0, 0.05) is 17.5 Å². The molecule has 0 saturated carbocycles. The van der Waals surface area contributed by atoms with Crippen molar-refractivity contribution in [2.45, 2.75) is 32.1 Å². The lowest BCUT2D eigenvalue weighted by molar-refractivity contribution is 0.602. The van der Waals surface area contributed by atoms with E-state index in [2.05, 4.69) is 43.4 Å². The van der Waals surface area contributed by atoms with Gasteiger partial charge in [0.1, 0.15) is 0 Å². The van der Waals surface area contributed by atoms with Crippen LogP contribution in [0.5, 0.6) is 0 Å². The summed E-state index contributed by atoms with van der Waals surface area (Å²) in [6, 6.07) is 9.47. The highest BCUT2D eigenvalue weighted by atomic mass is 32.2. The molecule has 0 aliphatic carbocycles. The second-order valence-corrected chi connectivity index (χ2v) is 4.92. The zero-order chi connectivity index (χ0) is 11.1. The highest BCUT2D eigenvalue weighted by Crippen LogP contribution is 2.14. The topological polar surface area (TPSA) is 12.0 Å². The molecular formula is C13H21NS. The quantitative estimate of drug-likeness (QED) is 0.794. The van der Waals surface area contributed by atoms with Crippen molar-refractivity contribution in [3.63, 3.8) is 0 Å². The number of hydrogen-bond acceptors (Lipinski definition) is 2. The normalized spacial score (nSPS) is 12.7. The molecular weight excluding hydrogens is 202 g/mol. The highest BCUT2D eigenvalue weighted by Gasteiger charge is 2.02. The minimum Gasteiger partial charge on any atom is -0.316 e. The van der Waals surface area contributed by atoms with Crippen LogP contribution in [0.1, 0.15) is 24.5 Å². The van der Waals surface area contributed by atoms with Gasteiger partial charge in [0.25, 0.3) is 0 Å². The van der Waals surface area contributed by atoms with Crippen LogP contribution in [0.25, 0.3) is 0 Å². The fourth-order valence-electron chi connectivity index (χ4n) is 1.41. The Balaban J connectivity index is 2.28. The van der Waals surface area contributed by atoms with E-state index in [0.29, 0.717) is 6.04 Å². The summed E-state index contributed by atoms with van der Waals surface area (Å²) in [4.78, 5) is 0. The zero-order valence-electron chi connectivity index (χ0n) is 9.92. The molecule has 0 radical (unpaired) electrons. The van der Waals surface area contributed by atoms with Crippen LogP contribution in [0.3, 0.4) is 0 Å². The zero-order valence-corrected chi connectivity index (χ0v) is 10.7. The van der Waals surface area contributed by atoms with Crippen LogP contribution < -0.4 is 5.32 Å². The van der Waals surface area contributed by atoms with Crippen molar-refractivity contribution in [3.8, 4) is 0 Å². The molecule has 1 N–H and O–H groups in total. The van der Waals surface area contributed by atoms with Gasteiger partial charge in [0.15, 0.2) is 0 Å². The van der Waals surface area contributed by atoms with E-state index in [1.54, 1.807) is 0 Å². The molecule has 0 spiro atoms. The molecule has 1 nitrogen and oxygen atoms in total. The Kier molecular flexibility index (Phi) is 5.81. The summed E-state index contributed by atoms with van der Waals surface area (Å²) in [6.45, 7) is 4.36. The second kappa shape index (κ2) is 6.91. The van der Waals surface area contributed by atoms with Gasteiger partial charge in [0.05, 0.1) is 0 Å². The first-order chi connectivity index (χ1) is 7.26. The number of thioether (sulfide) groups is 1. The molecule has 1 unspecified atom stereocenters. The largest absolute Gasteiger partial charge is 0.316 e. The lowest BCUT2D eigenvalue weighted by Crippen LogP contribution is -2.26. The summed E-state index contributed by atoms with van der Waals surface area (Å²) in [5.74, 6) is 2.32. The molecule has 0 aliphatic rings. The van der Waals surface area contributed by atoms with Crippen molar-refractivity contribution in [2.75, 3.05) is 12.8 Å². The number of nitrogens with one attached hydrogen (secondary N) is 1. The lowest BCUT2D eigenvalue weighted by Gasteiger charge is -2.12. The maximum Gasteiger partial charge on any atom is 0.0185 e. The molecule has 0 aromatic heterocycles. The molecule has 0 aliphatic heterocycles. The van der Waals surface area contributed by atoms with Crippen LogP contribution in [-0.4, -0.2) is 18.8 Å². The maximum absolute atomic E-state index is 3.33. The van der Waals surface area contributed by atoms with Crippen molar-refractivity contribution in [2.24, 2.45) is 0 Å². The van der Waals surface area contributed by atoms with Gasteiger partial charge >= 0.3 is 0 Å². The third-order valence-electron chi connectivity index (χ3n) is 2.61. The fraction of sp³-hybridized carbons (Fsp3) is 0.538. The fourth-order valence-corrected chi connectivity index (χ4v) is 2.64. The Morgan fingerprint density at radius 3 is 2.47 bits per heavy atom. The molecule has 0 saturated heterocycles. The number of hydrogen-bond donors (Lipinski definition) is 1. The van der Waals surface area contributed by atoms with Gasteiger partial charge in [-0.2, -0.15) is 11.8 Å². The molecule has 1 rings (SSSR count). The average Bonchev–Trinajstić information content (AvgIpc) is 2.27. The molecule has 0 heterocycles. The van der Waals surface area contributed by atoms with Crippen molar-refractivity contribution in [1.82, 2.24) is 5.32 Å². The SMILES string of the molecule is CCC(CSCc1ccc(C)cc1)NC. The van der Waals surface area contributed by atoms with E-state index >= 15 is 0 Å². The minimum absolute atomic E-state index is 0.653. The maximum atomic E-state index is 3.33. The van der Waals surface area contributed by atoms with Crippen LogP contribution in [-0.2, 0) is 5.75 Å². The molecule has 1 aromatic rings. The van der Waals surface area contributed by atoms with Gasteiger partial charge in [0.2, 0.25) is 0 Å². The van der Waals surface area contributed by atoms with Gasteiger partial charge in [-0.05, 0) is 26.0 Å². The van der Waals surface area contributed by atoms with E-state index in [0.717, 1.165) is 5.75 Å². The smallest absolute Gasteiger partial charge is 0.0185 e. The predicted molar refractivity (Wildman–Crippen MR) is 70.5 cm³/mol. The molecule has 0 amide bonds. The van der Waals surface area contributed by atoms with Crippen LogP contribution in [0.15, 0.2) is 24.3 Å². The predicted octanol–water partition coefficient (Wildman–Crippen LogP) is 3.23. The molecule has 0 bridgehead atoms. The van der Waals surface area contributed by atoms with Crippen LogP contribution in [0.2, 0.25) is 0 Å². The van der Waals surface area contributed by atoms with Crippen molar-refractivity contribution >= 4 is 11.8 Å². The lowest BCUT2D eigenvalue weighted by atomic mass is 10.2. The summed E-state index contributed by atoms with van der Waals surface area (Å²) < 4.78 is 0. The Morgan fingerprint density at radius 1 is 1.27 bits per heavy atom. The monoisotopic (exact) mass is 223 g/mol. The summed E-state index contributed by atoms with van der Waals surface area (Å²) >= 11 is 2.01. The average molecular weight is 223 g/mol. The van der Waals surface area contributed by atoms with Gasteiger partial charge < -0.3 is 5.32 Å². The van der Waals surface area contributed by atoms with Crippen LogP contribution in [0, 0.1) is 6.92 Å². The third-order valence-corrected chi connectivity index (χ3v) is 3.78. The van der Waals surface area contributed by atoms with E-state index in [4.69, 9.17) is 0 Å². The Morgan fingerprint density at radius 2 is 1.93 bits per heavy atom. The van der Waals surface area contributed by atoms with Crippen molar-refractivity contribution in [1.29, 1.82) is 0 Å². The van der Waals surface area contributed by atoms with Gasteiger partial charge in [-0.25, -0.2) is 0 Å². The van der Waals surface area contributed by atoms with E-state index < -0.39 is 0 Å². The standard InChI is InChI=1S/C13H21NS/c1-4-13(14-3)10-15-9-12-7-5-11(2)6-8-12/h5-8,13-14H,4,9-10H2,1-3H3. The first-order valence-electron chi connectivity index (χ1n) is 5.56. The number of rotatable bonds is 6. The number of benzene rings is 1. The minimum atomic E-state index is 0.653. The highest BCUT2D eigenvalue weighted by molar-refractivity contribution is 7.98. The first-order valence-corrected chi connectivity index (χ1v) is 6.72. The first kappa shape index (κ1) is 12.6. The van der Waals surface area contributed by atoms with E-state index in [1.165, 1.54) is 23.3 Å². The van der Waals surface area contributed by atoms with E-state index in [1.807, 2.05) is 18.8 Å². The Labute approximate surface area is 97.7 Å². The van der Waals surface area contributed by atoms with Crippen LogP contribution in [0.4, 0.5) is 0 Å². The molecule has 15 heavy (non-hydrogen) atoms. The molecule has 0 fully saturated rings. The molecule has 84 valence electrons. The van der Waals surface area contributed by atoms with E-state index in [9.17, 15) is 0 Å². The molecule has 2 heteroatoms. The van der Waals surface area contributed by atoms with Gasteiger partial charge in [-0.15, -0.1) is 0 Å². The number of aryl methyl sites for hydroxylation is 1. The van der Waals surface area contributed by atoms with Gasteiger partial charge in [-0.1, -0.05) is 36.8 Å². The molecule has 1 atom stereocenters. The summed E-state index contributed by atoms with van der Waals surface area (Å²) in [5, 5.41) is 3.33. The molecule has 1 aromatic carbocycles. The summed E-state index contributed by atoms with van der Waals surface area (Å²) in [7, 11) is 2.04. The second-order valence-electron chi connectivity index (χ2n) is 3.89. The Bertz CT molecular complexity index is 264. The third kappa shape index (κ3) is 4.72. The van der Waals surface area contributed by atoms with Gasteiger partial charge in [-0.3, -0.25) is 0 Å². The van der Waals surface area contributed by atoms with Crippen molar-refractivity contribution in [3.05, 3.63) is 35.4 Å². The summed E-state index contributed by atoms with van der Waals surface area (Å²) in [6.07, 6.45) is 1.21.